The van der Waals surface area contributed by atoms with Gasteiger partial charge in [0.2, 0.25) is 0 Å². The second-order valence-corrected chi connectivity index (χ2v) is 4.46. The van der Waals surface area contributed by atoms with E-state index < -0.39 is 0 Å². The highest BCUT2D eigenvalue weighted by Crippen LogP contribution is 2.19. The molecule has 1 rings (SSSR count). The van der Waals surface area contributed by atoms with Gasteiger partial charge in [0, 0.05) is 0 Å². The van der Waals surface area contributed by atoms with Crippen molar-refractivity contribution in [2.24, 2.45) is 0 Å². The lowest BCUT2D eigenvalue weighted by molar-refractivity contribution is 0.0300. The third-order valence-corrected chi connectivity index (χ3v) is 2.12. The molecule has 86 valence electrons. The molecule has 0 amide bonds. The highest BCUT2D eigenvalue weighted by atomic mass is 35.5. The van der Waals surface area contributed by atoms with Crippen molar-refractivity contribution in [2.45, 2.75) is 39.9 Å². The van der Waals surface area contributed by atoms with Crippen molar-refractivity contribution in [2.75, 3.05) is 0 Å². The fourth-order valence-electron chi connectivity index (χ4n) is 0.984. The molecule has 0 aliphatic heterocycles. The molecule has 1 nitrogen and oxygen atoms in total. The number of halogens is 2. The fraction of sp³-hybridized carbons (Fsp3) is 0.500. The summed E-state index contributed by atoms with van der Waals surface area (Å²) in [7, 11) is 0. The van der Waals surface area contributed by atoms with Crippen LogP contribution < -0.4 is 0 Å². The van der Waals surface area contributed by atoms with Crippen LogP contribution in [0.5, 0.6) is 0 Å². The van der Waals surface area contributed by atoms with Crippen LogP contribution in [0.25, 0.3) is 0 Å². The maximum atomic E-state index is 5.58. The van der Waals surface area contributed by atoms with E-state index in [0.29, 0.717) is 22.3 Å². The summed E-state index contributed by atoms with van der Waals surface area (Å²) in [5.74, 6) is 0. The topological polar surface area (TPSA) is 9.23 Å². The Hall–Kier alpha value is -0.240. The van der Waals surface area contributed by atoms with Gasteiger partial charge in [-0.2, -0.15) is 0 Å². The standard InChI is InChI=1S/C6H4Cl2.C6H14O/c7-5-3-1-2-4-6(5)8;1-5(2)7-6(3)4/h1-4H;5-6H,1-4H3. The van der Waals surface area contributed by atoms with Crippen molar-refractivity contribution < 1.29 is 4.74 Å². The number of ether oxygens (including phenoxy) is 1. The summed E-state index contributed by atoms with van der Waals surface area (Å²) < 4.78 is 5.25. The molecule has 0 aromatic heterocycles. The van der Waals surface area contributed by atoms with Crippen LogP contribution in [0.3, 0.4) is 0 Å². The minimum absolute atomic E-state index is 0.375. The van der Waals surface area contributed by atoms with Gasteiger partial charge >= 0.3 is 0 Å². The summed E-state index contributed by atoms with van der Waals surface area (Å²) in [6.07, 6.45) is 0.750. The van der Waals surface area contributed by atoms with E-state index in [1.54, 1.807) is 12.1 Å². The molecule has 0 radical (unpaired) electrons. The molecule has 0 saturated heterocycles. The first-order chi connectivity index (χ1) is 6.93. The maximum Gasteiger partial charge on any atom is 0.0592 e. The van der Waals surface area contributed by atoms with Crippen molar-refractivity contribution in [1.29, 1.82) is 0 Å². The molecular weight excluding hydrogens is 231 g/mol. The smallest absolute Gasteiger partial charge is 0.0592 e. The van der Waals surface area contributed by atoms with Crippen LogP contribution in [0.4, 0.5) is 0 Å². The highest BCUT2D eigenvalue weighted by Gasteiger charge is 1.94. The van der Waals surface area contributed by atoms with Crippen molar-refractivity contribution in [3.63, 3.8) is 0 Å². The summed E-state index contributed by atoms with van der Waals surface area (Å²) in [6.45, 7) is 8.17. The van der Waals surface area contributed by atoms with Crippen LogP contribution >= 0.6 is 23.2 Å². The lowest BCUT2D eigenvalue weighted by Crippen LogP contribution is -2.09. The molecule has 0 aliphatic carbocycles. The van der Waals surface area contributed by atoms with Crippen LogP contribution in [0.15, 0.2) is 24.3 Å². The van der Waals surface area contributed by atoms with Crippen LogP contribution in [-0.4, -0.2) is 12.2 Å². The highest BCUT2D eigenvalue weighted by molar-refractivity contribution is 6.41. The van der Waals surface area contributed by atoms with E-state index in [2.05, 4.69) is 0 Å². The minimum Gasteiger partial charge on any atom is -0.376 e. The third kappa shape index (κ3) is 8.73. The predicted molar refractivity (Wildman–Crippen MR) is 67.8 cm³/mol. The number of rotatable bonds is 2. The van der Waals surface area contributed by atoms with Gasteiger partial charge < -0.3 is 4.74 Å². The average molecular weight is 249 g/mol. The Balaban J connectivity index is 0.000000265. The van der Waals surface area contributed by atoms with Crippen LogP contribution in [0, 0.1) is 0 Å². The first kappa shape index (κ1) is 14.8. The maximum absolute atomic E-state index is 5.58. The molecule has 0 atom stereocenters. The van der Waals surface area contributed by atoms with Gasteiger partial charge in [-0.3, -0.25) is 0 Å². The average Bonchev–Trinajstić information content (AvgIpc) is 2.08. The lowest BCUT2D eigenvalue weighted by atomic mass is 10.4. The van der Waals surface area contributed by atoms with E-state index in [0.717, 1.165) is 0 Å². The first-order valence-electron chi connectivity index (χ1n) is 4.99. The Morgan fingerprint density at radius 2 is 1.20 bits per heavy atom. The van der Waals surface area contributed by atoms with Gasteiger partial charge in [0.1, 0.15) is 0 Å². The van der Waals surface area contributed by atoms with Gasteiger partial charge in [-0.1, -0.05) is 35.3 Å². The molecule has 0 heterocycles. The monoisotopic (exact) mass is 248 g/mol. The molecule has 0 unspecified atom stereocenters. The van der Waals surface area contributed by atoms with Crippen LogP contribution in [0.2, 0.25) is 10.0 Å². The van der Waals surface area contributed by atoms with E-state index in [1.807, 2.05) is 39.8 Å². The molecule has 1 aromatic rings. The van der Waals surface area contributed by atoms with E-state index in [1.165, 1.54) is 0 Å². The van der Waals surface area contributed by atoms with Gasteiger partial charge in [-0.25, -0.2) is 0 Å². The molecule has 0 bridgehead atoms. The zero-order chi connectivity index (χ0) is 11.8. The summed E-state index contributed by atoms with van der Waals surface area (Å²) in [6, 6.07) is 7.19. The zero-order valence-electron chi connectivity index (χ0n) is 9.63. The molecule has 0 fully saturated rings. The Morgan fingerprint density at radius 1 is 0.867 bits per heavy atom. The third-order valence-electron chi connectivity index (χ3n) is 1.37. The normalized spacial score (nSPS) is 10.1. The molecule has 1 aromatic carbocycles. The van der Waals surface area contributed by atoms with Gasteiger partial charge in [0.25, 0.3) is 0 Å². The minimum atomic E-state index is 0.375. The van der Waals surface area contributed by atoms with E-state index in [-0.39, 0.29) is 0 Å². The Bertz CT molecular complexity index is 245. The van der Waals surface area contributed by atoms with Crippen molar-refractivity contribution in [3.8, 4) is 0 Å². The molecule has 0 spiro atoms. The second kappa shape index (κ2) is 7.98. The molecule has 0 N–H and O–H groups in total. The van der Waals surface area contributed by atoms with E-state index in [4.69, 9.17) is 27.9 Å². The molecule has 15 heavy (non-hydrogen) atoms. The largest absolute Gasteiger partial charge is 0.376 e. The summed E-state index contributed by atoms with van der Waals surface area (Å²) in [5, 5.41) is 1.21. The van der Waals surface area contributed by atoms with E-state index >= 15 is 0 Å². The number of benzene rings is 1. The van der Waals surface area contributed by atoms with E-state index in [9.17, 15) is 0 Å². The van der Waals surface area contributed by atoms with Crippen molar-refractivity contribution >= 4 is 23.2 Å². The van der Waals surface area contributed by atoms with Gasteiger partial charge in [-0.05, 0) is 39.8 Å². The summed E-state index contributed by atoms with van der Waals surface area (Å²) in [5.41, 5.74) is 0. The zero-order valence-corrected chi connectivity index (χ0v) is 11.1. The van der Waals surface area contributed by atoms with Crippen LogP contribution in [-0.2, 0) is 4.74 Å². The summed E-state index contributed by atoms with van der Waals surface area (Å²) in [4.78, 5) is 0. The van der Waals surface area contributed by atoms with Crippen molar-refractivity contribution in [3.05, 3.63) is 34.3 Å². The molecule has 3 heteroatoms. The summed E-state index contributed by atoms with van der Waals surface area (Å²) >= 11 is 11.2. The van der Waals surface area contributed by atoms with Gasteiger partial charge in [-0.15, -0.1) is 0 Å². The first-order valence-corrected chi connectivity index (χ1v) is 5.74. The Labute approximate surface area is 102 Å². The predicted octanol–water partition coefficient (Wildman–Crippen LogP) is 4.81. The van der Waals surface area contributed by atoms with Gasteiger partial charge in [0.15, 0.2) is 0 Å². The quantitative estimate of drug-likeness (QED) is 0.730. The second-order valence-electron chi connectivity index (χ2n) is 3.65. The number of hydrogen-bond donors (Lipinski definition) is 0. The fourth-order valence-corrected chi connectivity index (χ4v) is 1.26. The van der Waals surface area contributed by atoms with Crippen molar-refractivity contribution in [1.82, 2.24) is 0 Å². The molecule has 0 saturated carbocycles. The Morgan fingerprint density at radius 3 is 1.33 bits per heavy atom. The molecule has 0 aliphatic rings. The van der Waals surface area contributed by atoms with Crippen LogP contribution in [0.1, 0.15) is 27.7 Å². The SMILES string of the molecule is CC(C)OC(C)C.Clc1ccccc1Cl. The molecular formula is C12H18Cl2O. The Kier molecular flexibility index (Phi) is 7.85. The number of hydrogen-bond acceptors (Lipinski definition) is 1. The van der Waals surface area contributed by atoms with Gasteiger partial charge in [0.05, 0.1) is 22.3 Å². The lowest BCUT2D eigenvalue weighted by Gasteiger charge is -2.09.